The summed E-state index contributed by atoms with van der Waals surface area (Å²) < 4.78 is 5.83. The number of hydrogen-bond acceptors (Lipinski definition) is 4. The Morgan fingerprint density at radius 2 is 2.42 bits per heavy atom. The Kier molecular flexibility index (Phi) is 3.87. The van der Waals surface area contributed by atoms with Crippen LogP contribution in [0.2, 0.25) is 0 Å². The molecule has 0 aliphatic carbocycles. The molecule has 104 valence electrons. The average Bonchev–Trinajstić information content (AvgIpc) is 2.89. The number of rotatable bonds is 4. The number of pyridine rings is 1. The largest absolute Gasteiger partial charge is 0.490 e. The van der Waals surface area contributed by atoms with E-state index in [1.807, 2.05) is 18.3 Å². The highest BCUT2D eigenvalue weighted by Crippen LogP contribution is 2.32. The number of nitrogens with one attached hydrogen (secondary N) is 1. The highest BCUT2D eigenvalue weighted by atomic mass is 16.5. The van der Waals surface area contributed by atoms with Crippen molar-refractivity contribution < 1.29 is 4.74 Å². The van der Waals surface area contributed by atoms with E-state index in [-0.39, 0.29) is 0 Å². The summed E-state index contributed by atoms with van der Waals surface area (Å²) in [5.41, 5.74) is 0. The van der Waals surface area contributed by atoms with Gasteiger partial charge in [-0.2, -0.15) is 0 Å². The molecular weight excluding hydrogens is 238 g/mol. The van der Waals surface area contributed by atoms with Crippen molar-refractivity contribution in [1.82, 2.24) is 10.3 Å². The molecule has 1 N–H and O–H groups in total. The van der Waals surface area contributed by atoms with E-state index in [1.54, 1.807) is 0 Å². The first-order valence-corrected chi connectivity index (χ1v) is 7.44. The van der Waals surface area contributed by atoms with Gasteiger partial charge in [-0.25, -0.2) is 4.98 Å². The first kappa shape index (κ1) is 12.7. The predicted molar refractivity (Wildman–Crippen MR) is 76.8 cm³/mol. The van der Waals surface area contributed by atoms with Gasteiger partial charge >= 0.3 is 0 Å². The van der Waals surface area contributed by atoms with Crippen molar-refractivity contribution >= 4 is 5.82 Å². The lowest BCUT2D eigenvalue weighted by atomic mass is 9.94. The first-order chi connectivity index (χ1) is 9.38. The summed E-state index contributed by atoms with van der Waals surface area (Å²) in [6.45, 7) is 6.22. The van der Waals surface area contributed by atoms with Gasteiger partial charge in [0, 0.05) is 25.3 Å². The van der Waals surface area contributed by atoms with Crippen LogP contribution in [0, 0.1) is 5.92 Å². The van der Waals surface area contributed by atoms with Crippen LogP contribution >= 0.6 is 0 Å². The van der Waals surface area contributed by atoms with E-state index in [0.717, 1.165) is 50.1 Å². The molecule has 0 unspecified atom stereocenters. The van der Waals surface area contributed by atoms with Crippen LogP contribution in [0.15, 0.2) is 18.3 Å². The molecule has 4 heteroatoms. The second-order valence-corrected chi connectivity index (χ2v) is 5.54. The molecule has 0 bridgehead atoms. The zero-order chi connectivity index (χ0) is 13.1. The molecule has 3 rings (SSSR count). The fourth-order valence-electron chi connectivity index (χ4n) is 3.16. The maximum atomic E-state index is 5.83. The van der Waals surface area contributed by atoms with Gasteiger partial charge in [0.25, 0.3) is 0 Å². The summed E-state index contributed by atoms with van der Waals surface area (Å²) >= 11 is 0. The Morgan fingerprint density at radius 3 is 3.26 bits per heavy atom. The minimum atomic E-state index is 0.634. The van der Waals surface area contributed by atoms with Crippen LogP contribution in [0.3, 0.4) is 0 Å². The number of nitrogens with zero attached hydrogens (tertiary/aromatic N) is 2. The molecule has 0 spiro atoms. The summed E-state index contributed by atoms with van der Waals surface area (Å²) in [5.74, 6) is 2.73. The third-order valence-corrected chi connectivity index (χ3v) is 4.11. The normalized spacial score (nSPS) is 26.3. The van der Waals surface area contributed by atoms with Crippen molar-refractivity contribution in [3.05, 3.63) is 18.3 Å². The predicted octanol–water partition coefficient (Wildman–Crippen LogP) is 2.06. The molecule has 3 heterocycles. The fraction of sp³-hybridized carbons (Fsp3) is 0.667. The lowest BCUT2D eigenvalue weighted by Crippen LogP contribution is -2.40. The van der Waals surface area contributed by atoms with E-state index < -0.39 is 0 Å². The van der Waals surface area contributed by atoms with Gasteiger partial charge in [-0.05, 0) is 43.9 Å². The molecule has 2 fully saturated rings. The summed E-state index contributed by atoms with van der Waals surface area (Å²) in [6.07, 6.45) is 5.53. The minimum Gasteiger partial charge on any atom is -0.490 e. The van der Waals surface area contributed by atoms with E-state index in [4.69, 9.17) is 4.74 Å². The summed E-state index contributed by atoms with van der Waals surface area (Å²) in [6, 6.07) is 4.62. The van der Waals surface area contributed by atoms with Crippen LogP contribution in [-0.2, 0) is 0 Å². The number of piperidine rings is 1. The van der Waals surface area contributed by atoms with Crippen LogP contribution in [0.25, 0.3) is 0 Å². The zero-order valence-corrected chi connectivity index (χ0v) is 11.6. The molecule has 2 saturated heterocycles. The maximum absolute atomic E-state index is 5.83. The van der Waals surface area contributed by atoms with Gasteiger partial charge < -0.3 is 15.0 Å². The average molecular weight is 261 g/mol. The van der Waals surface area contributed by atoms with Crippen LogP contribution in [0.4, 0.5) is 5.82 Å². The van der Waals surface area contributed by atoms with Gasteiger partial charge in [-0.1, -0.05) is 6.92 Å². The molecule has 4 nitrogen and oxygen atoms in total. The summed E-state index contributed by atoms with van der Waals surface area (Å²) in [5, 5.41) is 3.63. The van der Waals surface area contributed by atoms with Crippen LogP contribution in [-0.4, -0.2) is 37.3 Å². The zero-order valence-electron chi connectivity index (χ0n) is 11.6. The molecule has 0 amide bonds. The van der Waals surface area contributed by atoms with Crippen molar-refractivity contribution in [2.24, 2.45) is 5.92 Å². The maximum Gasteiger partial charge on any atom is 0.171 e. The molecule has 0 radical (unpaired) electrons. The lowest BCUT2D eigenvalue weighted by Gasteiger charge is -2.24. The van der Waals surface area contributed by atoms with E-state index in [9.17, 15) is 0 Å². The molecule has 0 aromatic carbocycles. The van der Waals surface area contributed by atoms with E-state index in [1.165, 1.54) is 12.8 Å². The topological polar surface area (TPSA) is 37.4 Å². The Balaban J connectivity index is 1.75. The third kappa shape index (κ3) is 2.68. The van der Waals surface area contributed by atoms with Crippen molar-refractivity contribution in [1.29, 1.82) is 0 Å². The molecule has 0 saturated carbocycles. The highest BCUT2D eigenvalue weighted by Gasteiger charge is 2.35. The number of hydrogen-bond donors (Lipinski definition) is 1. The monoisotopic (exact) mass is 261 g/mol. The van der Waals surface area contributed by atoms with Crippen LogP contribution in [0.5, 0.6) is 5.75 Å². The first-order valence-electron chi connectivity index (χ1n) is 7.44. The third-order valence-electron chi connectivity index (χ3n) is 4.11. The van der Waals surface area contributed by atoms with E-state index in [2.05, 4.69) is 22.1 Å². The smallest absolute Gasteiger partial charge is 0.171 e. The lowest BCUT2D eigenvalue weighted by molar-refractivity contribution is 0.316. The van der Waals surface area contributed by atoms with Crippen molar-refractivity contribution in [2.45, 2.75) is 32.2 Å². The summed E-state index contributed by atoms with van der Waals surface area (Å²) in [7, 11) is 0. The molecule has 2 atom stereocenters. The Bertz CT molecular complexity index is 410. The Labute approximate surface area is 115 Å². The van der Waals surface area contributed by atoms with Crippen LogP contribution < -0.4 is 15.0 Å². The number of ether oxygens (including phenoxy) is 1. The standard InChI is InChI=1S/C15H23N3O/c1-2-9-19-14-6-4-8-17-15(14)18-10-12-5-3-7-16-13(12)11-18/h4,6,8,12-13,16H,2-3,5,7,9-11H2,1H3/t12-,13+/m0/s1. The highest BCUT2D eigenvalue weighted by molar-refractivity contribution is 5.53. The molecule has 19 heavy (non-hydrogen) atoms. The fourth-order valence-corrected chi connectivity index (χ4v) is 3.16. The summed E-state index contributed by atoms with van der Waals surface area (Å²) in [4.78, 5) is 6.93. The number of anilines is 1. The second-order valence-electron chi connectivity index (χ2n) is 5.54. The SMILES string of the molecule is CCCOc1cccnc1N1C[C@@H]2CCCN[C@@H]2C1. The van der Waals surface area contributed by atoms with Gasteiger partial charge in [-0.15, -0.1) is 0 Å². The van der Waals surface area contributed by atoms with Gasteiger partial charge in [0.2, 0.25) is 0 Å². The van der Waals surface area contributed by atoms with Gasteiger partial charge in [0.05, 0.1) is 6.61 Å². The van der Waals surface area contributed by atoms with Crippen LogP contribution in [0.1, 0.15) is 26.2 Å². The van der Waals surface area contributed by atoms with Crippen molar-refractivity contribution in [2.75, 3.05) is 31.1 Å². The van der Waals surface area contributed by atoms with Gasteiger partial charge in [-0.3, -0.25) is 0 Å². The number of aromatic nitrogens is 1. The Morgan fingerprint density at radius 1 is 1.47 bits per heavy atom. The molecule has 2 aliphatic heterocycles. The van der Waals surface area contributed by atoms with Gasteiger partial charge in [0.1, 0.15) is 0 Å². The molecular formula is C15H23N3O. The van der Waals surface area contributed by atoms with Gasteiger partial charge in [0.15, 0.2) is 11.6 Å². The molecule has 1 aromatic heterocycles. The quantitative estimate of drug-likeness (QED) is 0.900. The minimum absolute atomic E-state index is 0.634. The number of fused-ring (bicyclic) bond motifs is 1. The second kappa shape index (κ2) is 5.78. The molecule has 1 aromatic rings. The Hall–Kier alpha value is -1.29. The van der Waals surface area contributed by atoms with Crippen molar-refractivity contribution in [3.63, 3.8) is 0 Å². The van der Waals surface area contributed by atoms with E-state index >= 15 is 0 Å². The van der Waals surface area contributed by atoms with Crippen molar-refractivity contribution in [3.8, 4) is 5.75 Å². The molecule has 2 aliphatic rings. The van der Waals surface area contributed by atoms with E-state index in [0.29, 0.717) is 6.04 Å².